The van der Waals surface area contributed by atoms with Crippen molar-refractivity contribution in [3.63, 3.8) is 0 Å². The second-order valence-corrected chi connectivity index (χ2v) is 2.88. The monoisotopic (exact) mass is 183 g/mol. The van der Waals surface area contributed by atoms with Crippen molar-refractivity contribution >= 4 is 12.4 Å². The molecule has 1 unspecified atom stereocenters. The Kier molecular flexibility index (Phi) is 7.21. The van der Waals surface area contributed by atoms with E-state index in [9.17, 15) is 0 Å². The van der Waals surface area contributed by atoms with Gasteiger partial charge in [0.2, 0.25) is 0 Å². The third-order valence-electron chi connectivity index (χ3n) is 1.49. The molecule has 0 saturated carbocycles. The Morgan fingerprint density at radius 1 is 1.55 bits per heavy atom. The van der Waals surface area contributed by atoms with E-state index in [4.69, 9.17) is 9.94 Å². The first-order chi connectivity index (χ1) is 4.50. The SMILES string of the molecule is CCNOC(C)(C)C(C)O.Cl. The summed E-state index contributed by atoms with van der Waals surface area (Å²) < 4.78 is 0. The Morgan fingerprint density at radius 3 is 2.27 bits per heavy atom. The molecule has 0 saturated heterocycles. The minimum Gasteiger partial charge on any atom is -0.390 e. The number of aliphatic hydroxyl groups excluding tert-OH is 1. The summed E-state index contributed by atoms with van der Waals surface area (Å²) >= 11 is 0. The van der Waals surface area contributed by atoms with Gasteiger partial charge in [0.1, 0.15) is 5.60 Å². The molecule has 0 amide bonds. The fourth-order valence-electron chi connectivity index (χ4n) is 0.343. The number of nitrogens with one attached hydrogen (secondary N) is 1. The van der Waals surface area contributed by atoms with Crippen LogP contribution >= 0.6 is 12.4 Å². The molecule has 0 aromatic carbocycles. The molecule has 0 fully saturated rings. The molecule has 0 aromatic rings. The van der Waals surface area contributed by atoms with E-state index in [-0.39, 0.29) is 12.4 Å². The van der Waals surface area contributed by atoms with Crippen LogP contribution in [0.15, 0.2) is 0 Å². The summed E-state index contributed by atoms with van der Waals surface area (Å²) in [6, 6.07) is 0. The topological polar surface area (TPSA) is 41.5 Å². The molecule has 0 aliphatic heterocycles. The summed E-state index contributed by atoms with van der Waals surface area (Å²) in [6.45, 7) is 8.06. The molecule has 1 atom stereocenters. The lowest BCUT2D eigenvalue weighted by Crippen LogP contribution is -2.41. The number of hydrogen-bond acceptors (Lipinski definition) is 3. The maximum Gasteiger partial charge on any atom is 0.109 e. The predicted molar refractivity (Wildman–Crippen MR) is 47.8 cm³/mol. The Hall–Kier alpha value is 0.170. The third-order valence-corrected chi connectivity index (χ3v) is 1.49. The van der Waals surface area contributed by atoms with Gasteiger partial charge in [0.15, 0.2) is 0 Å². The van der Waals surface area contributed by atoms with Gasteiger partial charge < -0.3 is 5.11 Å². The van der Waals surface area contributed by atoms with Gasteiger partial charge in [-0.25, -0.2) is 5.48 Å². The lowest BCUT2D eigenvalue weighted by Gasteiger charge is -2.27. The highest BCUT2D eigenvalue weighted by Gasteiger charge is 2.24. The normalized spacial score (nSPS) is 13.9. The molecule has 0 aliphatic carbocycles. The number of aliphatic hydroxyl groups is 1. The molecule has 3 nitrogen and oxygen atoms in total. The van der Waals surface area contributed by atoms with E-state index >= 15 is 0 Å². The molecule has 70 valence electrons. The lowest BCUT2D eigenvalue weighted by atomic mass is 10.0. The standard InChI is InChI=1S/C7H17NO2.ClH/c1-5-8-10-7(3,4)6(2)9;/h6,8-9H,5H2,1-4H3;1H. The molecule has 11 heavy (non-hydrogen) atoms. The van der Waals surface area contributed by atoms with E-state index in [1.807, 2.05) is 20.8 Å². The Labute approximate surface area is 74.5 Å². The van der Waals surface area contributed by atoms with Gasteiger partial charge in [0.25, 0.3) is 0 Å². The molecule has 0 aliphatic rings. The lowest BCUT2D eigenvalue weighted by molar-refractivity contribution is -0.138. The van der Waals surface area contributed by atoms with Crippen molar-refractivity contribution in [2.75, 3.05) is 6.54 Å². The van der Waals surface area contributed by atoms with Crippen LogP contribution in [-0.4, -0.2) is 23.4 Å². The summed E-state index contributed by atoms with van der Waals surface area (Å²) in [5, 5.41) is 9.14. The average molecular weight is 184 g/mol. The van der Waals surface area contributed by atoms with Crippen molar-refractivity contribution in [1.82, 2.24) is 5.48 Å². The van der Waals surface area contributed by atoms with Crippen LogP contribution in [-0.2, 0) is 4.84 Å². The highest BCUT2D eigenvalue weighted by Crippen LogP contribution is 2.11. The van der Waals surface area contributed by atoms with Crippen LogP contribution in [0.1, 0.15) is 27.7 Å². The molecule has 2 N–H and O–H groups in total. The van der Waals surface area contributed by atoms with E-state index < -0.39 is 11.7 Å². The van der Waals surface area contributed by atoms with Crippen LogP contribution in [0, 0.1) is 0 Å². The van der Waals surface area contributed by atoms with Crippen molar-refractivity contribution in [3.8, 4) is 0 Å². The molecule has 0 bridgehead atoms. The van der Waals surface area contributed by atoms with Gasteiger partial charge in [0, 0.05) is 6.54 Å². The second-order valence-electron chi connectivity index (χ2n) is 2.88. The highest BCUT2D eigenvalue weighted by molar-refractivity contribution is 5.85. The molecular formula is C7H18ClNO2. The zero-order valence-corrected chi connectivity index (χ0v) is 8.36. The Balaban J connectivity index is 0. The van der Waals surface area contributed by atoms with Crippen molar-refractivity contribution in [2.24, 2.45) is 0 Å². The zero-order chi connectivity index (χ0) is 8.20. The minimum absolute atomic E-state index is 0. The zero-order valence-electron chi connectivity index (χ0n) is 7.55. The molecule has 0 rings (SSSR count). The number of halogens is 1. The second kappa shape index (κ2) is 5.77. The van der Waals surface area contributed by atoms with E-state index in [1.54, 1.807) is 6.92 Å². The minimum atomic E-state index is -0.504. The quantitative estimate of drug-likeness (QED) is 0.642. The van der Waals surface area contributed by atoms with Crippen LogP contribution in [0.5, 0.6) is 0 Å². The van der Waals surface area contributed by atoms with Crippen LogP contribution in [0.25, 0.3) is 0 Å². The van der Waals surface area contributed by atoms with E-state index in [0.717, 1.165) is 6.54 Å². The maximum atomic E-state index is 9.14. The van der Waals surface area contributed by atoms with Crippen LogP contribution in [0.2, 0.25) is 0 Å². The van der Waals surface area contributed by atoms with Gasteiger partial charge in [0.05, 0.1) is 6.10 Å². The van der Waals surface area contributed by atoms with Crippen molar-refractivity contribution < 1.29 is 9.94 Å². The van der Waals surface area contributed by atoms with Gasteiger partial charge in [-0.1, -0.05) is 6.92 Å². The van der Waals surface area contributed by atoms with Crippen LogP contribution < -0.4 is 5.48 Å². The molecule has 0 spiro atoms. The smallest absolute Gasteiger partial charge is 0.109 e. The molecular weight excluding hydrogens is 166 g/mol. The Morgan fingerprint density at radius 2 is 2.00 bits per heavy atom. The Bertz CT molecular complexity index is 96.4. The first-order valence-electron chi connectivity index (χ1n) is 3.59. The first kappa shape index (κ1) is 13.7. The van der Waals surface area contributed by atoms with Gasteiger partial charge >= 0.3 is 0 Å². The predicted octanol–water partition coefficient (Wildman–Crippen LogP) is 1.11. The van der Waals surface area contributed by atoms with Gasteiger partial charge in [-0.15, -0.1) is 12.4 Å². The molecule has 0 heterocycles. The fourth-order valence-corrected chi connectivity index (χ4v) is 0.343. The summed E-state index contributed by atoms with van der Waals surface area (Å²) in [6.07, 6.45) is -0.466. The number of hydrogen-bond donors (Lipinski definition) is 2. The van der Waals surface area contributed by atoms with Crippen LogP contribution in [0.4, 0.5) is 0 Å². The largest absolute Gasteiger partial charge is 0.390 e. The third kappa shape index (κ3) is 5.44. The van der Waals surface area contributed by atoms with Crippen LogP contribution in [0.3, 0.4) is 0 Å². The number of hydroxylamine groups is 1. The van der Waals surface area contributed by atoms with Crippen molar-refractivity contribution in [2.45, 2.75) is 39.4 Å². The summed E-state index contributed by atoms with van der Waals surface area (Å²) in [7, 11) is 0. The molecule has 0 radical (unpaired) electrons. The summed E-state index contributed by atoms with van der Waals surface area (Å²) in [4.78, 5) is 5.14. The molecule has 0 aromatic heterocycles. The van der Waals surface area contributed by atoms with E-state index in [0.29, 0.717) is 0 Å². The first-order valence-corrected chi connectivity index (χ1v) is 3.59. The average Bonchev–Trinajstić information content (AvgIpc) is 1.84. The van der Waals surface area contributed by atoms with Gasteiger partial charge in [-0.3, -0.25) is 4.84 Å². The van der Waals surface area contributed by atoms with E-state index in [1.165, 1.54) is 0 Å². The summed E-state index contributed by atoms with van der Waals surface area (Å²) in [5.41, 5.74) is 2.21. The van der Waals surface area contributed by atoms with Gasteiger partial charge in [-0.2, -0.15) is 0 Å². The highest BCUT2D eigenvalue weighted by atomic mass is 35.5. The van der Waals surface area contributed by atoms with E-state index in [2.05, 4.69) is 5.48 Å². The fraction of sp³-hybridized carbons (Fsp3) is 1.00. The number of rotatable bonds is 4. The molecule has 4 heteroatoms. The van der Waals surface area contributed by atoms with Crippen molar-refractivity contribution in [1.29, 1.82) is 0 Å². The summed E-state index contributed by atoms with van der Waals surface area (Å²) in [5.74, 6) is 0. The van der Waals surface area contributed by atoms with Gasteiger partial charge in [-0.05, 0) is 20.8 Å². The maximum absolute atomic E-state index is 9.14. The van der Waals surface area contributed by atoms with Crippen molar-refractivity contribution in [3.05, 3.63) is 0 Å².